The lowest BCUT2D eigenvalue weighted by atomic mass is 10.2. The molecule has 0 fully saturated rings. The summed E-state index contributed by atoms with van der Waals surface area (Å²) in [5, 5.41) is 3.57. The molecule has 0 bridgehead atoms. The molecule has 0 saturated heterocycles. The Morgan fingerprint density at radius 1 is 0.857 bits per heavy atom. The summed E-state index contributed by atoms with van der Waals surface area (Å²) >= 11 is 11.8. The third-order valence-corrected chi connectivity index (χ3v) is 4.09. The summed E-state index contributed by atoms with van der Waals surface area (Å²) < 4.78 is 10.8. The largest absolute Gasteiger partial charge is 0.455 e. The number of carbonyl (C=O) groups is 2. The van der Waals surface area contributed by atoms with Crippen LogP contribution in [0.25, 0.3) is 0 Å². The molecule has 142 valence electrons. The summed E-state index contributed by atoms with van der Waals surface area (Å²) in [5.41, 5.74) is 0.664. The Kier molecular flexibility index (Phi) is 6.53. The highest BCUT2D eigenvalue weighted by molar-refractivity contribution is 6.31. The van der Waals surface area contributed by atoms with E-state index in [1.54, 1.807) is 42.5 Å². The van der Waals surface area contributed by atoms with E-state index >= 15 is 0 Å². The highest BCUT2D eigenvalue weighted by Gasteiger charge is 2.13. The van der Waals surface area contributed by atoms with Crippen molar-refractivity contribution in [1.82, 2.24) is 0 Å². The molecule has 0 unspecified atom stereocenters. The van der Waals surface area contributed by atoms with E-state index in [0.29, 0.717) is 32.8 Å². The van der Waals surface area contributed by atoms with Gasteiger partial charge in [0.15, 0.2) is 12.4 Å². The molecule has 28 heavy (non-hydrogen) atoms. The van der Waals surface area contributed by atoms with E-state index < -0.39 is 18.5 Å². The predicted molar refractivity (Wildman–Crippen MR) is 108 cm³/mol. The first-order valence-electron chi connectivity index (χ1n) is 8.26. The number of rotatable bonds is 6. The normalized spacial score (nSPS) is 10.2. The lowest BCUT2D eigenvalue weighted by molar-refractivity contribution is -0.119. The van der Waals surface area contributed by atoms with E-state index in [1.165, 1.54) is 12.1 Å². The molecule has 5 nitrogen and oxygen atoms in total. The molecule has 3 aromatic carbocycles. The Morgan fingerprint density at radius 3 is 2.25 bits per heavy atom. The zero-order chi connectivity index (χ0) is 19.9. The Bertz CT molecular complexity index is 975. The van der Waals surface area contributed by atoms with Crippen LogP contribution in [0.3, 0.4) is 0 Å². The van der Waals surface area contributed by atoms with Gasteiger partial charge in [0.05, 0.1) is 11.3 Å². The Hall–Kier alpha value is -3.02. The van der Waals surface area contributed by atoms with Crippen molar-refractivity contribution < 1.29 is 19.1 Å². The number of benzene rings is 3. The topological polar surface area (TPSA) is 64.6 Å². The van der Waals surface area contributed by atoms with Crippen molar-refractivity contribution in [3.8, 4) is 11.5 Å². The zero-order valence-corrected chi connectivity index (χ0v) is 16.0. The van der Waals surface area contributed by atoms with Gasteiger partial charge in [0.25, 0.3) is 5.91 Å². The Labute approximate surface area is 171 Å². The van der Waals surface area contributed by atoms with Gasteiger partial charge in [-0.3, -0.25) is 4.79 Å². The SMILES string of the molecule is O=C(COC(=O)c1ccc(Cl)cc1)Nc1cc(Cl)ccc1Oc1ccccc1. The van der Waals surface area contributed by atoms with Crippen LogP contribution in [-0.2, 0) is 9.53 Å². The minimum atomic E-state index is -0.626. The minimum Gasteiger partial charge on any atom is -0.455 e. The number of carbonyl (C=O) groups excluding carboxylic acids is 2. The Morgan fingerprint density at radius 2 is 1.54 bits per heavy atom. The lowest BCUT2D eigenvalue weighted by Gasteiger charge is -2.13. The standard InChI is InChI=1S/C21H15Cl2NO4/c22-15-8-6-14(7-9-15)21(26)27-13-20(25)24-18-12-16(23)10-11-19(18)28-17-4-2-1-3-5-17/h1-12H,13H2,(H,24,25). The summed E-state index contributed by atoms with van der Waals surface area (Å²) in [6, 6.07) is 20.1. The summed E-state index contributed by atoms with van der Waals surface area (Å²) in [7, 11) is 0. The van der Waals surface area contributed by atoms with Gasteiger partial charge in [-0.1, -0.05) is 41.4 Å². The van der Waals surface area contributed by atoms with Crippen LogP contribution < -0.4 is 10.1 Å². The molecule has 1 N–H and O–H groups in total. The maximum absolute atomic E-state index is 12.2. The van der Waals surface area contributed by atoms with Crippen LogP contribution in [0.15, 0.2) is 72.8 Å². The smallest absolute Gasteiger partial charge is 0.338 e. The van der Waals surface area contributed by atoms with Crippen LogP contribution in [0.5, 0.6) is 11.5 Å². The zero-order valence-electron chi connectivity index (χ0n) is 14.5. The number of esters is 1. The summed E-state index contributed by atoms with van der Waals surface area (Å²) in [5.74, 6) is -0.136. The fraction of sp³-hybridized carbons (Fsp3) is 0.0476. The van der Waals surface area contributed by atoms with Crippen LogP contribution in [0.2, 0.25) is 10.0 Å². The van der Waals surface area contributed by atoms with E-state index in [-0.39, 0.29) is 0 Å². The molecule has 0 aliphatic carbocycles. The highest BCUT2D eigenvalue weighted by atomic mass is 35.5. The van der Waals surface area contributed by atoms with Gasteiger partial charge in [-0.2, -0.15) is 0 Å². The first kappa shape index (κ1) is 19.7. The summed E-state index contributed by atoms with van der Waals surface area (Å²) in [6.45, 7) is -0.460. The van der Waals surface area contributed by atoms with Crippen molar-refractivity contribution in [1.29, 1.82) is 0 Å². The van der Waals surface area contributed by atoms with Gasteiger partial charge in [-0.05, 0) is 54.6 Å². The molecule has 0 aliphatic rings. The highest BCUT2D eigenvalue weighted by Crippen LogP contribution is 2.32. The quantitative estimate of drug-likeness (QED) is 0.533. The van der Waals surface area contributed by atoms with Crippen molar-refractivity contribution >= 4 is 40.8 Å². The number of anilines is 1. The monoisotopic (exact) mass is 415 g/mol. The molecule has 3 rings (SSSR count). The van der Waals surface area contributed by atoms with E-state index in [9.17, 15) is 9.59 Å². The summed E-state index contributed by atoms with van der Waals surface area (Å²) in [4.78, 5) is 24.2. The molecular weight excluding hydrogens is 401 g/mol. The Balaban J connectivity index is 1.64. The van der Waals surface area contributed by atoms with Crippen molar-refractivity contribution in [2.75, 3.05) is 11.9 Å². The number of hydrogen-bond donors (Lipinski definition) is 1. The molecule has 0 saturated carbocycles. The third kappa shape index (κ3) is 5.49. The average molecular weight is 416 g/mol. The van der Waals surface area contributed by atoms with Crippen molar-refractivity contribution in [3.63, 3.8) is 0 Å². The van der Waals surface area contributed by atoms with Crippen molar-refractivity contribution in [2.45, 2.75) is 0 Å². The van der Waals surface area contributed by atoms with Gasteiger partial charge < -0.3 is 14.8 Å². The average Bonchev–Trinajstić information content (AvgIpc) is 2.69. The second-order valence-corrected chi connectivity index (χ2v) is 6.56. The molecule has 3 aromatic rings. The van der Waals surface area contributed by atoms with Crippen LogP contribution in [0, 0.1) is 0 Å². The number of amides is 1. The predicted octanol–water partition coefficient (Wildman–Crippen LogP) is 5.58. The number of halogens is 2. The van der Waals surface area contributed by atoms with Crippen LogP contribution >= 0.6 is 23.2 Å². The second kappa shape index (κ2) is 9.26. The van der Waals surface area contributed by atoms with Gasteiger partial charge in [0.2, 0.25) is 0 Å². The molecular formula is C21H15Cl2NO4. The fourth-order valence-electron chi connectivity index (χ4n) is 2.29. The van der Waals surface area contributed by atoms with Crippen LogP contribution in [0.1, 0.15) is 10.4 Å². The van der Waals surface area contributed by atoms with Gasteiger partial charge >= 0.3 is 5.97 Å². The van der Waals surface area contributed by atoms with Crippen LogP contribution in [-0.4, -0.2) is 18.5 Å². The number of para-hydroxylation sites is 1. The first-order valence-corrected chi connectivity index (χ1v) is 9.02. The van der Waals surface area contributed by atoms with E-state index in [2.05, 4.69) is 5.32 Å². The van der Waals surface area contributed by atoms with Gasteiger partial charge in [0.1, 0.15) is 5.75 Å². The van der Waals surface area contributed by atoms with E-state index in [1.807, 2.05) is 18.2 Å². The third-order valence-electron chi connectivity index (χ3n) is 3.60. The molecule has 0 radical (unpaired) electrons. The number of nitrogens with one attached hydrogen (secondary N) is 1. The second-order valence-electron chi connectivity index (χ2n) is 5.69. The first-order chi connectivity index (χ1) is 13.5. The lowest BCUT2D eigenvalue weighted by Crippen LogP contribution is -2.21. The molecule has 0 heterocycles. The van der Waals surface area contributed by atoms with Gasteiger partial charge in [-0.15, -0.1) is 0 Å². The molecule has 0 aromatic heterocycles. The van der Waals surface area contributed by atoms with E-state index in [4.69, 9.17) is 32.7 Å². The van der Waals surface area contributed by atoms with Crippen LogP contribution in [0.4, 0.5) is 5.69 Å². The maximum Gasteiger partial charge on any atom is 0.338 e. The van der Waals surface area contributed by atoms with E-state index in [0.717, 1.165) is 0 Å². The molecule has 7 heteroatoms. The summed E-state index contributed by atoms with van der Waals surface area (Å²) in [6.07, 6.45) is 0. The van der Waals surface area contributed by atoms with Crippen molar-refractivity contribution in [3.05, 3.63) is 88.4 Å². The maximum atomic E-state index is 12.2. The number of hydrogen-bond acceptors (Lipinski definition) is 4. The molecule has 0 aliphatic heterocycles. The number of ether oxygens (including phenoxy) is 2. The van der Waals surface area contributed by atoms with Gasteiger partial charge in [0, 0.05) is 10.0 Å². The van der Waals surface area contributed by atoms with Crippen molar-refractivity contribution in [2.24, 2.45) is 0 Å². The molecule has 1 amide bonds. The van der Waals surface area contributed by atoms with Gasteiger partial charge in [-0.25, -0.2) is 4.79 Å². The fourth-order valence-corrected chi connectivity index (χ4v) is 2.59. The molecule has 0 spiro atoms. The molecule has 0 atom stereocenters. The minimum absolute atomic E-state index is 0.299.